The number of carbonyl (C=O) groups excluding carboxylic acids is 1. The first kappa shape index (κ1) is 16.1. The molecule has 1 aromatic carbocycles. The second-order valence-corrected chi connectivity index (χ2v) is 6.05. The summed E-state index contributed by atoms with van der Waals surface area (Å²) in [6.45, 7) is 4.59. The minimum atomic E-state index is -0.355. The molecule has 2 aromatic rings. The van der Waals surface area contributed by atoms with Crippen LogP contribution in [0.15, 0.2) is 33.2 Å². The minimum absolute atomic E-state index is 0.0260. The Bertz CT molecular complexity index is 670. The highest BCUT2D eigenvalue weighted by molar-refractivity contribution is 9.10. The zero-order valence-corrected chi connectivity index (χ0v) is 14.1. The number of hydrogen-bond acceptors (Lipinski definition) is 6. The van der Waals surface area contributed by atoms with E-state index in [9.17, 15) is 4.79 Å². The fourth-order valence-corrected chi connectivity index (χ4v) is 2.68. The first-order valence-corrected chi connectivity index (χ1v) is 8.19. The van der Waals surface area contributed by atoms with Crippen molar-refractivity contribution >= 4 is 21.8 Å². The average molecular weight is 381 g/mol. The molecule has 1 aliphatic rings. The van der Waals surface area contributed by atoms with Gasteiger partial charge in [0.1, 0.15) is 0 Å². The van der Waals surface area contributed by atoms with Gasteiger partial charge in [-0.1, -0.05) is 22.0 Å². The molecular formula is C15H17BrN4O3. The van der Waals surface area contributed by atoms with Crippen molar-refractivity contribution < 1.29 is 13.9 Å². The number of benzene rings is 1. The summed E-state index contributed by atoms with van der Waals surface area (Å²) < 4.78 is 11.6. The number of halogens is 1. The first-order chi connectivity index (χ1) is 11.2. The van der Waals surface area contributed by atoms with E-state index in [-0.39, 0.29) is 11.8 Å². The lowest BCUT2D eigenvalue weighted by molar-refractivity contribution is 0.0382. The van der Waals surface area contributed by atoms with Crippen molar-refractivity contribution in [1.29, 1.82) is 0 Å². The summed E-state index contributed by atoms with van der Waals surface area (Å²) in [5.41, 5.74) is 0.763. The third kappa shape index (κ3) is 4.37. The van der Waals surface area contributed by atoms with Crippen LogP contribution in [0.4, 0.5) is 0 Å². The second-order valence-electron chi connectivity index (χ2n) is 5.13. The zero-order chi connectivity index (χ0) is 16.1. The molecule has 122 valence electrons. The average Bonchev–Trinajstić information content (AvgIpc) is 3.06. The van der Waals surface area contributed by atoms with Gasteiger partial charge in [0, 0.05) is 36.2 Å². The summed E-state index contributed by atoms with van der Waals surface area (Å²) in [5.74, 6) is -0.0569. The van der Waals surface area contributed by atoms with Gasteiger partial charge in [-0.2, -0.15) is 0 Å². The Hall–Kier alpha value is -1.77. The van der Waals surface area contributed by atoms with Gasteiger partial charge in [0.05, 0.1) is 13.2 Å². The molecule has 1 amide bonds. The summed E-state index contributed by atoms with van der Waals surface area (Å²) in [6, 6.07) is 7.47. The molecule has 0 bridgehead atoms. The number of hydrogen-bond donors (Lipinski definition) is 1. The predicted molar refractivity (Wildman–Crippen MR) is 87.0 cm³/mol. The number of morpholine rings is 1. The monoisotopic (exact) mass is 380 g/mol. The molecule has 2 heterocycles. The van der Waals surface area contributed by atoms with Crippen molar-refractivity contribution in [3.8, 4) is 11.5 Å². The van der Waals surface area contributed by atoms with Gasteiger partial charge in [0.2, 0.25) is 5.89 Å². The first-order valence-electron chi connectivity index (χ1n) is 7.40. The lowest BCUT2D eigenvalue weighted by Gasteiger charge is -2.26. The van der Waals surface area contributed by atoms with Gasteiger partial charge in [-0.05, 0) is 18.2 Å². The third-order valence-corrected chi connectivity index (χ3v) is 4.00. The van der Waals surface area contributed by atoms with Gasteiger partial charge in [-0.15, -0.1) is 10.2 Å². The Labute approximate surface area is 142 Å². The van der Waals surface area contributed by atoms with E-state index in [2.05, 4.69) is 36.3 Å². The molecule has 1 aromatic heterocycles. The number of nitrogens with zero attached hydrogens (tertiary/aromatic N) is 3. The van der Waals surface area contributed by atoms with Gasteiger partial charge >= 0.3 is 11.8 Å². The van der Waals surface area contributed by atoms with Crippen molar-refractivity contribution in [3.05, 3.63) is 34.6 Å². The summed E-state index contributed by atoms with van der Waals surface area (Å²) in [4.78, 5) is 14.3. The number of ether oxygens (including phenoxy) is 1. The van der Waals surface area contributed by atoms with Crippen molar-refractivity contribution in [2.45, 2.75) is 0 Å². The summed E-state index contributed by atoms with van der Waals surface area (Å²) in [7, 11) is 0. The largest absolute Gasteiger partial charge is 0.412 e. The molecule has 0 unspecified atom stereocenters. The molecule has 1 saturated heterocycles. The van der Waals surface area contributed by atoms with Crippen LogP contribution in [0.3, 0.4) is 0 Å². The summed E-state index contributed by atoms with van der Waals surface area (Å²) >= 11 is 3.38. The van der Waals surface area contributed by atoms with E-state index < -0.39 is 0 Å². The van der Waals surface area contributed by atoms with Crippen LogP contribution in [0, 0.1) is 0 Å². The molecule has 0 saturated carbocycles. The maximum atomic E-state index is 12.0. The van der Waals surface area contributed by atoms with Gasteiger partial charge in [-0.3, -0.25) is 9.69 Å². The van der Waals surface area contributed by atoms with Crippen LogP contribution in [0.1, 0.15) is 10.7 Å². The van der Waals surface area contributed by atoms with Crippen molar-refractivity contribution in [2.75, 3.05) is 39.4 Å². The number of amides is 1. The lowest BCUT2D eigenvalue weighted by Crippen LogP contribution is -2.41. The summed E-state index contributed by atoms with van der Waals surface area (Å²) in [6.07, 6.45) is 0. The minimum Gasteiger partial charge on any atom is -0.412 e. The Kier molecular flexibility index (Phi) is 5.37. The fourth-order valence-electron chi connectivity index (χ4n) is 2.28. The topological polar surface area (TPSA) is 80.5 Å². The highest BCUT2D eigenvalue weighted by atomic mass is 79.9. The van der Waals surface area contributed by atoms with E-state index >= 15 is 0 Å². The molecule has 1 N–H and O–H groups in total. The Morgan fingerprint density at radius 3 is 2.91 bits per heavy atom. The van der Waals surface area contributed by atoms with E-state index in [1.54, 1.807) is 0 Å². The van der Waals surface area contributed by atoms with Crippen LogP contribution in [-0.4, -0.2) is 60.4 Å². The van der Waals surface area contributed by atoms with Crippen LogP contribution in [0.25, 0.3) is 11.5 Å². The number of rotatable bonds is 5. The normalized spacial score (nSPS) is 15.5. The van der Waals surface area contributed by atoms with E-state index in [0.29, 0.717) is 12.4 Å². The highest BCUT2D eigenvalue weighted by Crippen LogP contribution is 2.21. The molecule has 0 radical (unpaired) electrons. The number of nitrogens with one attached hydrogen (secondary N) is 1. The SMILES string of the molecule is O=C(NCCN1CCOCC1)c1nnc(-c2cccc(Br)c2)o1. The van der Waals surface area contributed by atoms with Crippen LogP contribution in [0.5, 0.6) is 0 Å². The Balaban J connectivity index is 1.54. The molecule has 0 atom stereocenters. The van der Waals surface area contributed by atoms with Gasteiger partial charge in [0.25, 0.3) is 0 Å². The predicted octanol–water partition coefficient (Wildman–Crippen LogP) is 1.56. The van der Waals surface area contributed by atoms with E-state index in [1.165, 1.54) is 0 Å². The molecule has 1 fully saturated rings. The standard InChI is InChI=1S/C15H17BrN4O3/c16-12-3-1-2-11(10-12)14-18-19-15(23-14)13(21)17-4-5-20-6-8-22-9-7-20/h1-3,10H,4-9H2,(H,17,21). The zero-order valence-electron chi connectivity index (χ0n) is 12.5. The lowest BCUT2D eigenvalue weighted by atomic mass is 10.2. The highest BCUT2D eigenvalue weighted by Gasteiger charge is 2.16. The number of carbonyl (C=O) groups is 1. The Morgan fingerprint density at radius 1 is 1.30 bits per heavy atom. The fraction of sp³-hybridized carbons (Fsp3) is 0.400. The van der Waals surface area contributed by atoms with Crippen LogP contribution < -0.4 is 5.32 Å². The van der Waals surface area contributed by atoms with Gasteiger partial charge in [-0.25, -0.2) is 0 Å². The quantitative estimate of drug-likeness (QED) is 0.847. The van der Waals surface area contributed by atoms with Gasteiger partial charge < -0.3 is 14.5 Å². The van der Waals surface area contributed by atoms with Crippen LogP contribution >= 0.6 is 15.9 Å². The summed E-state index contributed by atoms with van der Waals surface area (Å²) in [5, 5.41) is 10.5. The molecule has 3 rings (SSSR count). The van der Waals surface area contributed by atoms with Gasteiger partial charge in [0.15, 0.2) is 0 Å². The molecule has 1 aliphatic heterocycles. The van der Waals surface area contributed by atoms with Crippen molar-refractivity contribution in [2.24, 2.45) is 0 Å². The molecule has 0 spiro atoms. The second kappa shape index (κ2) is 7.67. The molecule has 7 nitrogen and oxygen atoms in total. The molecular weight excluding hydrogens is 364 g/mol. The van der Waals surface area contributed by atoms with Crippen LogP contribution in [0.2, 0.25) is 0 Å². The molecule has 8 heteroatoms. The Morgan fingerprint density at radius 2 is 2.13 bits per heavy atom. The maximum Gasteiger partial charge on any atom is 0.308 e. The third-order valence-electron chi connectivity index (χ3n) is 3.51. The number of aromatic nitrogens is 2. The van der Waals surface area contributed by atoms with Crippen molar-refractivity contribution in [3.63, 3.8) is 0 Å². The van der Waals surface area contributed by atoms with Crippen molar-refractivity contribution in [1.82, 2.24) is 20.4 Å². The van der Waals surface area contributed by atoms with E-state index in [0.717, 1.165) is 42.9 Å². The van der Waals surface area contributed by atoms with E-state index in [1.807, 2.05) is 24.3 Å². The molecule has 23 heavy (non-hydrogen) atoms. The smallest absolute Gasteiger partial charge is 0.308 e. The van der Waals surface area contributed by atoms with Crippen LogP contribution in [-0.2, 0) is 4.74 Å². The van der Waals surface area contributed by atoms with E-state index in [4.69, 9.17) is 9.15 Å². The maximum absolute atomic E-state index is 12.0. The molecule has 0 aliphatic carbocycles.